The number of amides is 1. The summed E-state index contributed by atoms with van der Waals surface area (Å²) in [6.45, 7) is 0.430. The minimum atomic E-state index is -0.0534. The second-order valence-electron chi connectivity index (χ2n) is 6.26. The van der Waals surface area contributed by atoms with Gasteiger partial charge in [0.25, 0.3) is 5.91 Å². The average Bonchev–Trinajstić information content (AvgIpc) is 2.63. The van der Waals surface area contributed by atoms with Gasteiger partial charge in [0.05, 0.1) is 0 Å². The first-order valence-electron chi connectivity index (χ1n) is 8.39. The smallest absolute Gasteiger partial charge is 0.251 e. The molecule has 5 nitrogen and oxygen atoms in total. The Morgan fingerprint density at radius 2 is 1.92 bits per heavy atom. The Hall–Kier alpha value is -1.82. The molecule has 0 saturated heterocycles. The third kappa shape index (κ3) is 6.48. The third-order valence-electron chi connectivity index (χ3n) is 4.33. The number of ether oxygens (including phenoxy) is 1. The molecule has 0 radical (unpaired) electrons. The number of rotatable bonds is 5. The van der Waals surface area contributed by atoms with E-state index in [2.05, 4.69) is 10.3 Å². The Balaban J connectivity index is 0.00000169. The summed E-state index contributed by atoms with van der Waals surface area (Å²) in [5, 5.41) is 3.10. The zero-order valence-electron chi connectivity index (χ0n) is 14.5. The summed E-state index contributed by atoms with van der Waals surface area (Å²) in [4.78, 5) is 16.5. The summed E-state index contributed by atoms with van der Waals surface area (Å²) in [6, 6.07) is 11.6. The van der Waals surface area contributed by atoms with Crippen LogP contribution in [0.2, 0.25) is 0 Å². The zero-order chi connectivity index (χ0) is 16.8. The predicted molar refractivity (Wildman–Crippen MR) is 107 cm³/mol. The highest BCUT2D eigenvalue weighted by molar-refractivity contribution is 5.94. The molecule has 1 fully saturated rings. The van der Waals surface area contributed by atoms with Crippen LogP contribution >= 0.6 is 24.8 Å². The molecule has 3 N–H and O–H groups in total. The van der Waals surface area contributed by atoms with E-state index < -0.39 is 0 Å². The van der Waals surface area contributed by atoms with Crippen LogP contribution in [0.5, 0.6) is 5.75 Å². The van der Waals surface area contributed by atoms with Crippen LogP contribution in [0.25, 0.3) is 0 Å². The first-order chi connectivity index (χ1) is 11.7. The van der Waals surface area contributed by atoms with Crippen molar-refractivity contribution in [3.05, 3.63) is 59.9 Å². The van der Waals surface area contributed by atoms with Crippen LogP contribution in [0, 0.1) is 0 Å². The standard InChI is InChI=1S/C19H23N3O2.2ClH/c20-16-6-8-17(9-7-16)22-19(23)15-4-1-5-18(11-15)24-13-14-3-2-10-21-12-14;;/h1-5,10-12,16-17H,6-9,13,20H2,(H,22,23);2*1H. The summed E-state index contributed by atoms with van der Waals surface area (Å²) >= 11 is 0. The molecule has 0 aliphatic heterocycles. The molecule has 1 aromatic carbocycles. The van der Waals surface area contributed by atoms with E-state index in [9.17, 15) is 4.79 Å². The summed E-state index contributed by atoms with van der Waals surface area (Å²) in [6.07, 6.45) is 7.34. The molecule has 1 amide bonds. The maximum atomic E-state index is 12.4. The lowest BCUT2D eigenvalue weighted by Crippen LogP contribution is -2.40. The SMILES string of the molecule is Cl.Cl.NC1CCC(NC(=O)c2cccc(OCc3cccnc3)c2)CC1. The minimum absolute atomic E-state index is 0. The Kier molecular flexibility index (Phi) is 9.41. The van der Waals surface area contributed by atoms with Crippen molar-refractivity contribution >= 4 is 30.7 Å². The number of aromatic nitrogens is 1. The molecule has 1 aliphatic rings. The number of nitrogens with zero attached hydrogens (tertiary/aromatic N) is 1. The van der Waals surface area contributed by atoms with Gasteiger partial charge in [0.2, 0.25) is 0 Å². The van der Waals surface area contributed by atoms with Crippen molar-refractivity contribution in [3.63, 3.8) is 0 Å². The van der Waals surface area contributed by atoms with Gasteiger partial charge in [0.1, 0.15) is 12.4 Å². The quantitative estimate of drug-likeness (QED) is 0.808. The topological polar surface area (TPSA) is 77.2 Å². The highest BCUT2D eigenvalue weighted by atomic mass is 35.5. The summed E-state index contributed by atoms with van der Waals surface area (Å²) < 4.78 is 5.75. The lowest BCUT2D eigenvalue weighted by Gasteiger charge is -2.26. The maximum absolute atomic E-state index is 12.4. The molecule has 1 heterocycles. The highest BCUT2D eigenvalue weighted by Crippen LogP contribution is 2.19. The van der Waals surface area contributed by atoms with Gasteiger partial charge in [-0.2, -0.15) is 0 Å². The Bertz CT molecular complexity index is 677. The van der Waals surface area contributed by atoms with Crippen molar-refractivity contribution in [2.45, 2.75) is 44.4 Å². The van der Waals surface area contributed by atoms with Crippen molar-refractivity contribution in [1.29, 1.82) is 0 Å². The molecule has 0 spiro atoms. The molecular weight excluding hydrogens is 373 g/mol. The summed E-state index contributed by atoms with van der Waals surface area (Å²) in [7, 11) is 0. The van der Waals surface area contributed by atoms with Gasteiger partial charge in [-0.3, -0.25) is 9.78 Å². The van der Waals surface area contributed by atoms with E-state index in [1.807, 2.05) is 24.3 Å². The van der Waals surface area contributed by atoms with Crippen molar-refractivity contribution in [2.24, 2.45) is 5.73 Å². The number of nitrogens with two attached hydrogens (primary N) is 1. The van der Waals surface area contributed by atoms with E-state index in [-0.39, 0.29) is 42.8 Å². The monoisotopic (exact) mass is 397 g/mol. The number of pyridine rings is 1. The maximum Gasteiger partial charge on any atom is 0.251 e. The van der Waals surface area contributed by atoms with Crippen LogP contribution in [0.1, 0.15) is 41.6 Å². The van der Waals surface area contributed by atoms with Crippen molar-refractivity contribution in [3.8, 4) is 5.75 Å². The van der Waals surface area contributed by atoms with E-state index in [0.29, 0.717) is 17.9 Å². The average molecular weight is 398 g/mol. The molecule has 1 aromatic heterocycles. The molecular formula is C19H25Cl2N3O2. The van der Waals surface area contributed by atoms with Crippen molar-refractivity contribution < 1.29 is 9.53 Å². The van der Waals surface area contributed by atoms with Crippen LogP contribution in [-0.4, -0.2) is 23.0 Å². The van der Waals surface area contributed by atoms with Crippen LogP contribution < -0.4 is 15.8 Å². The van der Waals surface area contributed by atoms with E-state index >= 15 is 0 Å². The first kappa shape index (κ1) is 22.2. The van der Waals surface area contributed by atoms with Gasteiger partial charge in [-0.25, -0.2) is 0 Å². The highest BCUT2D eigenvalue weighted by Gasteiger charge is 2.20. The lowest BCUT2D eigenvalue weighted by atomic mass is 9.91. The van der Waals surface area contributed by atoms with Crippen LogP contribution in [0.3, 0.4) is 0 Å². The van der Waals surface area contributed by atoms with Gasteiger partial charge < -0.3 is 15.8 Å². The number of halogens is 2. The predicted octanol–water partition coefficient (Wildman–Crippen LogP) is 3.50. The van der Waals surface area contributed by atoms with E-state index in [1.54, 1.807) is 24.5 Å². The van der Waals surface area contributed by atoms with Gasteiger partial charge >= 0.3 is 0 Å². The minimum Gasteiger partial charge on any atom is -0.489 e. The van der Waals surface area contributed by atoms with Crippen LogP contribution in [-0.2, 0) is 6.61 Å². The molecule has 7 heteroatoms. The number of hydrogen-bond donors (Lipinski definition) is 2. The van der Waals surface area contributed by atoms with Gasteiger partial charge in [-0.05, 0) is 49.9 Å². The van der Waals surface area contributed by atoms with Crippen LogP contribution in [0.4, 0.5) is 0 Å². The fourth-order valence-corrected chi connectivity index (χ4v) is 2.91. The molecule has 0 atom stereocenters. The van der Waals surface area contributed by atoms with Crippen molar-refractivity contribution in [1.82, 2.24) is 10.3 Å². The summed E-state index contributed by atoms with van der Waals surface area (Å²) in [5.41, 5.74) is 7.52. The van der Waals surface area contributed by atoms with Gasteiger partial charge in [0, 0.05) is 35.6 Å². The number of nitrogens with one attached hydrogen (secondary N) is 1. The van der Waals surface area contributed by atoms with Gasteiger partial charge in [-0.15, -0.1) is 24.8 Å². The Morgan fingerprint density at radius 3 is 2.62 bits per heavy atom. The third-order valence-corrected chi connectivity index (χ3v) is 4.33. The summed E-state index contributed by atoms with van der Waals surface area (Å²) in [5.74, 6) is 0.625. The van der Waals surface area contributed by atoms with E-state index in [1.165, 1.54) is 0 Å². The Labute approximate surface area is 166 Å². The number of benzene rings is 1. The number of carbonyl (C=O) groups is 1. The Morgan fingerprint density at radius 1 is 1.15 bits per heavy atom. The fourth-order valence-electron chi connectivity index (χ4n) is 2.91. The largest absolute Gasteiger partial charge is 0.489 e. The molecule has 1 aliphatic carbocycles. The van der Waals surface area contributed by atoms with Gasteiger partial charge in [0.15, 0.2) is 0 Å². The number of carbonyl (C=O) groups excluding carboxylic acids is 1. The number of hydrogen-bond acceptors (Lipinski definition) is 4. The molecule has 2 aromatic rings. The van der Waals surface area contributed by atoms with E-state index in [0.717, 1.165) is 31.2 Å². The van der Waals surface area contributed by atoms with E-state index in [4.69, 9.17) is 10.5 Å². The fraction of sp³-hybridized carbons (Fsp3) is 0.368. The molecule has 26 heavy (non-hydrogen) atoms. The zero-order valence-corrected chi connectivity index (χ0v) is 16.1. The van der Waals surface area contributed by atoms with Crippen molar-refractivity contribution in [2.75, 3.05) is 0 Å². The van der Waals surface area contributed by atoms with Crippen LogP contribution in [0.15, 0.2) is 48.8 Å². The molecule has 0 unspecified atom stereocenters. The van der Waals surface area contributed by atoms with Gasteiger partial charge in [-0.1, -0.05) is 12.1 Å². The lowest BCUT2D eigenvalue weighted by molar-refractivity contribution is 0.0925. The first-order valence-corrected chi connectivity index (χ1v) is 8.39. The second kappa shape index (κ2) is 11.0. The molecule has 1 saturated carbocycles. The molecule has 3 rings (SSSR count). The second-order valence-corrected chi connectivity index (χ2v) is 6.26. The normalized spacial score (nSPS) is 18.8. The molecule has 0 bridgehead atoms. The molecule has 142 valence electrons.